The van der Waals surface area contributed by atoms with Gasteiger partial charge in [-0.3, -0.25) is 14.4 Å². The van der Waals surface area contributed by atoms with Crippen LogP contribution in [0, 0.1) is 11.8 Å². The minimum atomic E-state index is -0.970. The fourth-order valence-corrected chi connectivity index (χ4v) is 2.18. The van der Waals surface area contributed by atoms with Crippen LogP contribution in [0.5, 0.6) is 0 Å². The van der Waals surface area contributed by atoms with Gasteiger partial charge in [0.1, 0.15) is 0 Å². The van der Waals surface area contributed by atoms with E-state index >= 15 is 0 Å². The Morgan fingerprint density at radius 3 is 2.35 bits per heavy atom. The summed E-state index contributed by atoms with van der Waals surface area (Å²) in [6, 6.07) is 9.19. The summed E-state index contributed by atoms with van der Waals surface area (Å²) in [5, 5.41) is 8.86. The lowest BCUT2D eigenvalue weighted by atomic mass is 10.2. The maximum atomic E-state index is 12.2. The van der Waals surface area contributed by atoms with Crippen molar-refractivity contribution in [1.82, 2.24) is 4.90 Å². The molecule has 1 aromatic rings. The van der Waals surface area contributed by atoms with E-state index in [2.05, 4.69) is 0 Å². The second-order valence-corrected chi connectivity index (χ2v) is 4.93. The monoisotopic (exact) mass is 276 g/mol. The van der Waals surface area contributed by atoms with Crippen LogP contribution in [0.25, 0.3) is 0 Å². The van der Waals surface area contributed by atoms with Gasteiger partial charge in [-0.1, -0.05) is 30.3 Å². The summed E-state index contributed by atoms with van der Waals surface area (Å²) >= 11 is 0. The summed E-state index contributed by atoms with van der Waals surface area (Å²) in [5.74, 6) is -3.06. The first-order valence-corrected chi connectivity index (χ1v) is 6.33. The van der Waals surface area contributed by atoms with Gasteiger partial charge in [0.05, 0.1) is 18.4 Å². The van der Waals surface area contributed by atoms with Gasteiger partial charge in [-0.25, -0.2) is 0 Å². The number of hydrogen-bond donors (Lipinski definition) is 2. The van der Waals surface area contributed by atoms with Crippen molar-refractivity contribution in [2.45, 2.75) is 13.0 Å². The molecule has 2 atom stereocenters. The zero-order valence-electron chi connectivity index (χ0n) is 10.9. The van der Waals surface area contributed by atoms with Crippen molar-refractivity contribution in [2.75, 3.05) is 6.54 Å². The average Bonchev–Trinajstić information content (AvgIpc) is 3.18. The second kappa shape index (κ2) is 5.73. The number of carbonyl (C=O) groups is 3. The Morgan fingerprint density at radius 2 is 1.85 bits per heavy atom. The molecule has 1 aliphatic carbocycles. The molecule has 0 aromatic heterocycles. The van der Waals surface area contributed by atoms with Gasteiger partial charge in [0.15, 0.2) is 0 Å². The number of primary amides is 1. The maximum Gasteiger partial charge on any atom is 0.307 e. The van der Waals surface area contributed by atoms with Crippen molar-refractivity contribution in [3.8, 4) is 0 Å². The molecule has 20 heavy (non-hydrogen) atoms. The van der Waals surface area contributed by atoms with Crippen LogP contribution in [0.3, 0.4) is 0 Å². The Bertz CT molecular complexity index is 529. The number of nitrogens with two attached hydrogens (primary N) is 1. The summed E-state index contributed by atoms with van der Waals surface area (Å²) < 4.78 is 0. The van der Waals surface area contributed by atoms with Gasteiger partial charge in [-0.2, -0.15) is 0 Å². The third-order valence-electron chi connectivity index (χ3n) is 3.30. The molecule has 0 bridgehead atoms. The predicted octanol–water partition coefficient (Wildman–Crippen LogP) is 0.221. The molecule has 2 rings (SSSR count). The summed E-state index contributed by atoms with van der Waals surface area (Å²) in [6.45, 7) is 0.0576. The molecule has 0 spiro atoms. The van der Waals surface area contributed by atoms with Crippen molar-refractivity contribution >= 4 is 17.8 Å². The van der Waals surface area contributed by atoms with Crippen LogP contribution in [-0.2, 0) is 20.9 Å². The number of benzene rings is 1. The first kappa shape index (κ1) is 14.0. The highest BCUT2D eigenvalue weighted by Gasteiger charge is 2.49. The molecular weight excluding hydrogens is 260 g/mol. The minimum Gasteiger partial charge on any atom is -0.481 e. The molecule has 0 radical (unpaired) electrons. The number of nitrogens with zero attached hydrogens (tertiary/aromatic N) is 1. The number of carbonyl (C=O) groups excluding carboxylic acids is 2. The maximum absolute atomic E-state index is 12.2. The largest absolute Gasteiger partial charge is 0.481 e. The summed E-state index contributed by atoms with van der Waals surface area (Å²) in [5.41, 5.74) is 6.02. The van der Waals surface area contributed by atoms with E-state index < -0.39 is 23.7 Å². The zero-order valence-corrected chi connectivity index (χ0v) is 10.9. The number of carboxylic acids is 1. The van der Waals surface area contributed by atoms with Gasteiger partial charge in [-0.05, 0) is 12.0 Å². The van der Waals surface area contributed by atoms with Crippen molar-refractivity contribution in [3.63, 3.8) is 0 Å². The van der Waals surface area contributed by atoms with Crippen LogP contribution < -0.4 is 5.73 Å². The Hall–Kier alpha value is -2.37. The van der Waals surface area contributed by atoms with E-state index in [0.29, 0.717) is 6.42 Å². The summed E-state index contributed by atoms with van der Waals surface area (Å²) in [7, 11) is 0. The zero-order chi connectivity index (χ0) is 14.7. The third kappa shape index (κ3) is 3.34. The lowest BCUT2D eigenvalue weighted by molar-refractivity contribution is -0.142. The van der Waals surface area contributed by atoms with Crippen molar-refractivity contribution in [3.05, 3.63) is 35.9 Å². The van der Waals surface area contributed by atoms with Gasteiger partial charge in [-0.15, -0.1) is 0 Å². The Kier molecular flexibility index (Phi) is 4.02. The van der Waals surface area contributed by atoms with Gasteiger partial charge in [0.25, 0.3) is 0 Å². The highest BCUT2D eigenvalue weighted by atomic mass is 16.4. The van der Waals surface area contributed by atoms with Crippen LogP contribution in [0.4, 0.5) is 0 Å². The molecule has 3 N–H and O–H groups in total. The SMILES string of the molecule is NC(=O)CN(Cc1ccccc1)C(=O)C1CC1C(=O)O. The van der Waals surface area contributed by atoms with Gasteiger partial charge in [0.2, 0.25) is 11.8 Å². The second-order valence-electron chi connectivity index (χ2n) is 4.93. The topological polar surface area (TPSA) is 101 Å². The molecule has 2 unspecified atom stereocenters. The summed E-state index contributed by atoms with van der Waals surface area (Å²) in [6.07, 6.45) is 0.332. The molecule has 1 saturated carbocycles. The van der Waals surface area contributed by atoms with Crippen LogP contribution in [0.15, 0.2) is 30.3 Å². The van der Waals surface area contributed by atoms with Gasteiger partial charge >= 0.3 is 5.97 Å². The van der Waals surface area contributed by atoms with E-state index in [-0.39, 0.29) is 19.0 Å². The van der Waals surface area contributed by atoms with Gasteiger partial charge < -0.3 is 15.7 Å². The number of amides is 2. The van der Waals surface area contributed by atoms with Crippen LogP contribution in [-0.4, -0.2) is 34.3 Å². The van der Waals surface area contributed by atoms with Crippen LogP contribution >= 0.6 is 0 Å². The molecule has 6 heteroatoms. The van der Waals surface area contributed by atoms with E-state index in [1.165, 1.54) is 4.90 Å². The normalized spacial score (nSPS) is 20.2. The molecule has 106 valence electrons. The van der Waals surface area contributed by atoms with E-state index in [9.17, 15) is 14.4 Å². The Labute approximate surface area is 116 Å². The van der Waals surface area contributed by atoms with E-state index in [0.717, 1.165) is 5.56 Å². The lowest BCUT2D eigenvalue weighted by Gasteiger charge is -2.21. The van der Waals surface area contributed by atoms with E-state index in [1.54, 1.807) is 0 Å². The molecule has 0 saturated heterocycles. The number of aliphatic carboxylic acids is 1. The predicted molar refractivity (Wildman–Crippen MR) is 70.3 cm³/mol. The van der Waals surface area contributed by atoms with Crippen molar-refractivity contribution < 1.29 is 19.5 Å². The van der Waals surface area contributed by atoms with Crippen LogP contribution in [0.2, 0.25) is 0 Å². The molecule has 0 aliphatic heterocycles. The first-order chi connectivity index (χ1) is 9.49. The first-order valence-electron chi connectivity index (χ1n) is 6.33. The molecule has 1 aliphatic rings. The minimum absolute atomic E-state index is 0.198. The highest BCUT2D eigenvalue weighted by molar-refractivity contribution is 5.91. The Balaban J connectivity index is 2.06. The van der Waals surface area contributed by atoms with Gasteiger partial charge in [0, 0.05) is 6.54 Å². The average molecular weight is 276 g/mol. The van der Waals surface area contributed by atoms with E-state index in [4.69, 9.17) is 10.8 Å². The third-order valence-corrected chi connectivity index (χ3v) is 3.30. The lowest BCUT2D eigenvalue weighted by Crippen LogP contribution is -2.39. The molecule has 6 nitrogen and oxygen atoms in total. The molecule has 1 fully saturated rings. The van der Waals surface area contributed by atoms with E-state index in [1.807, 2.05) is 30.3 Å². The van der Waals surface area contributed by atoms with Crippen molar-refractivity contribution in [1.29, 1.82) is 0 Å². The highest BCUT2D eigenvalue weighted by Crippen LogP contribution is 2.40. The number of hydrogen-bond acceptors (Lipinski definition) is 3. The molecular formula is C14H16N2O4. The molecule has 1 aromatic carbocycles. The fourth-order valence-electron chi connectivity index (χ4n) is 2.18. The fraction of sp³-hybridized carbons (Fsp3) is 0.357. The molecule has 0 heterocycles. The van der Waals surface area contributed by atoms with Crippen molar-refractivity contribution in [2.24, 2.45) is 17.6 Å². The Morgan fingerprint density at radius 1 is 1.20 bits per heavy atom. The quantitative estimate of drug-likeness (QED) is 0.776. The standard InChI is InChI=1S/C14H16N2O4/c15-12(17)8-16(7-9-4-2-1-3-5-9)13(18)10-6-11(10)14(19)20/h1-5,10-11H,6-8H2,(H2,15,17)(H,19,20). The van der Waals surface area contributed by atoms with Crippen LogP contribution in [0.1, 0.15) is 12.0 Å². The molecule has 2 amide bonds. The number of carboxylic acid groups (broad SMARTS) is 1. The number of rotatable bonds is 6. The summed E-state index contributed by atoms with van der Waals surface area (Å²) in [4.78, 5) is 35.4. The smallest absolute Gasteiger partial charge is 0.307 e.